The Hall–Kier alpha value is -2.38. The van der Waals surface area contributed by atoms with Crippen LogP contribution in [0.4, 0.5) is 5.69 Å². The molecule has 1 N–H and O–H groups in total. The number of hydrogen-bond donors (Lipinski definition) is 1. The summed E-state index contributed by atoms with van der Waals surface area (Å²) < 4.78 is 0. The predicted octanol–water partition coefficient (Wildman–Crippen LogP) is 3.88. The van der Waals surface area contributed by atoms with Gasteiger partial charge < -0.3 is 5.32 Å². The molecule has 0 radical (unpaired) electrons. The summed E-state index contributed by atoms with van der Waals surface area (Å²) in [5.74, 6) is -0.286. The third kappa shape index (κ3) is 4.67. The summed E-state index contributed by atoms with van der Waals surface area (Å²) in [5.41, 5.74) is 1.45. The lowest BCUT2D eigenvalue weighted by Gasteiger charge is -2.28. The van der Waals surface area contributed by atoms with Crippen LogP contribution in [0.2, 0.25) is 0 Å². The molecule has 1 aliphatic rings. The van der Waals surface area contributed by atoms with Gasteiger partial charge in [-0.25, -0.2) is 0 Å². The minimum atomic E-state index is -0.445. The molecule has 1 aliphatic heterocycles. The van der Waals surface area contributed by atoms with Gasteiger partial charge in [-0.1, -0.05) is 30.3 Å². The van der Waals surface area contributed by atoms with E-state index in [9.17, 15) is 14.9 Å². The Labute approximate surface area is 163 Å². The normalized spacial score (nSPS) is 15.4. The van der Waals surface area contributed by atoms with Gasteiger partial charge in [0.1, 0.15) is 0 Å². The Bertz CT molecular complexity index is 807. The summed E-state index contributed by atoms with van der Waals surface area (Å²) in [6.45, 7) is 2.51. The minimum absolute atomic E-state index is 0.0331. The van der Waals surface area contributed by atoms with E-state index in [0.29, 0.717) is 17.0 Å². The third-order valence-electron chi connectivity index (χ3n) is 4.86. The maximum Gasteiger partial charge on any atom is 0.283 e. The fourth-order valence-electron chi connectivity index (χ4n) is 3.45. The number of rotatable bonds is 7. The van der Waals surface area contributed by atoms with E-state index in [4.69, 9.17) is 0 Å². The van der Waals surface area contributed by atoms with Crippen molar-refractivity contribution in [2.45, 2.75) is 23.8 Å². The number of likely N-dealkylation sites (tertiary alicyclic amines) is 1. The van der Waals surface area contributed by atoms with Crippen molar-refractivity contribution < 1.29 is 9.72 Å². The average molecular weight is 385 g/mol. The lowest BCUT2D eigenvalue weighted by atomic mass is 10.1. The Morgan fingerprint density at radius 3 is 2.56 bits per heavy atom. The van der Waals surface area contributed by atoms with E-state index in [1.165, 1.54) is 36.2 Å². The monoisotopic (exact) mass is 385 g/mol. The number of nitro groups is 1. The zero-order valence-electron chi connectivity index (χ0n) is 15.3. The van der Waals surface area contributed by atoms with Crippen molar-refractivity contribution >= 4 is 23.4 Å². The quantitative estimate of drug-likeness (QED) is 0.445. The summed E-state index contributed by atoms with van der Waals surface area (Å²) in [7, 11) is 0. The number of carbonyl (C=O) groups excluding carboxylic acids is 1. The van der Waals surface area contributed by atoms with Crippen LogP contribution in [0.5, 0.6) is 0 Å². The standard InChI is InChI=1S/C20H23N3O3S/c1-27-19-10-9-16(13-17(19)23(25)26)20(24)21-14-18(22-11-5-6-12-22)15-7-3-2-4-8-15/h2-4,7-10,13,18H,5-6,11-12,14H2,1H3,(H,21,24). The molecule has 7 heteroatoms. The van der Waals surface area contributed by atoms with Crippen molar-refractivity contribution in [2.75, 3.05) is 25.9 Å². The molecule has 3 rings (SSSR count). The first kappa shape index (κ1) is 19.4. The van der Waals surface area contributed by atoms with Gasteiger partial charge in [-0.2, -0.15) is 0 Å². The zero-order valence-corrected chi connectivity index (χ0v) is 16.1. The smallest absolute Gasteiger partial charge is 0.283 e. The van der Waals surface area contributed by atoms with E-state index >= 15 is 0 Å². The van der Waals surface area contributed by atoms with E-state index in [0.717, 1.165) is 13.1 Å². The maximum atomic E-state index is 12.6. The number of nitro benzene ring substituents is 1. The van der Waals surface area contributed by atoms with Crippen molar-refractivity contribution in [3.63, 3.8) is 0 Å². The fourth-order valence-corrected chi connectivity index (χ4v) is 4.00. The molecule has 0 aliphatic carbocycles. The van der Waals surface area contributed by atoms with Crippen LogP contribution in [0.15, 0.2) is 53.4 Å². The first-order valence-corrected chi connectivity index (χ1v) is 10.2. The van der Waals surface area contributed by atoms with E-state index in [1.54, 1.807) is 18.4 Å². The SMILES string of the molecule is CSc1ccc(C(=O)NCC(c2ccccc2)N2CCCC2)cc1[N+](=O)[O-]. The van der Waals surface area contributed by atoms with Crippen LogP contribution >= 0.6 is 11.8 Å². The third-order valence-corrected chi connectivity index (χ3v) is 5.64. The number of hydrogen-bond acceptors (Lipinski definition) is 5. The van der Waals surface area contributed by atoms with Crippen molar-refractivity contribution in [3.05, 3.63) is 69.8 Å². The highest BCUT2D eigenvalue weighted by molar-refractivity contribution is 7.98. The van der Waals surface area contributed by atoms with Gasteiger partial charge in [0, 0.05) is 18.2 Å². The number of benzene rings is 2. The van der Waals surface area contributed by atoms with Crippen molar-refractivity contribution in [2.24, 2.45) is 0 Å². The molecule has 0 spiro atoms. The van der Waals surface area contributed by atoms with E-state index in [1.807, 2.05) is 18.2 Å². The van der Waals surface area contributed by atoms with Gasteiger partial charge in [-0.15, -0.1) is 11.8 Å². The predicted molar refractivity (Wildman–Crippen MR) is 107 cm³/mol. The molecular weight excluding hydrogens is 362 g/mol. The molecule has 1 unspecified atom stereocenters. The van der Waals surface area contributed by atoms with Crippen molar-refractivity contribution in [1.29, 1.82) is 0 Å². The molecule has 2 aromatic carbocycles. The van der Waals surface area contributed by atoms with Crippen molar-refractivity contribution in [3.8, 4) is 0 Å². The number of nitrogens with zero attached hydrogens (tertiary/aromatic N) is 2. The summed E-state index contributed by atoms with van der Waals surface area (Å²) >= 11 is 1.30. The van der Waals surface area contributed by atoms with E-state index in [2.05, 4.69) is 22.3 Å². The summed E-state index contributed by atoms with van der Waals surface area (Å²) in [4.78, 5) is 26.3. The molecule has 142 valence electrons. The van der Waals surface area contributed by atoms with Gasteiger partial charge in [-0.05, 0) is 49.9 Å². The zero-order chi connectivity index (χ0) is 19.2. The van der Waals surface area contributed by atoms with Gasteiger partial charge >= 0.3 is 0 Å². The van der Waals surface area contributed by atoms with Crippen LogP contribution in [-0.4, -0.2) is 41.6 Å². The lowest BCUT2D eigenvalue weighted by Crippen LogP contribution is -2.36. The topological polar surface area (TPSA) is 75.5 Å². The summed E-state index contributed by atoms with van der Waals surface area (Å²) in [5, 5.41) is 14.2. The highest BCUT2D eigenvalue weighted by Gasteiger charge is 2.24. The van der Waals surface area contributed by atoms with E-state index in [-0.39, 0.29) is 17.6 Å². The first-order valence-electron chi connectivity index (χ1n) is 9.00. The average Bonchev–Trinajstić information content (AvgIpc) is 3.22. The van der Waals surface area contributed by atoms with Crippen LogP contribution < -0.4 is 5.32 Å². The van der Waals surface area contributed by atoms with Gasteiger partial charge in [0.05, 0.1) is 15.9 Å². The molecule has 1 fully saturated rings. The number of amides is 1. The molecule has 1 amide bonds. The molecule has 2 aromatic rings. The number of nitrogens with one attached hydrogen (secondary N) is 1. The highest BCUT2D eigenvalue weighted by Crippen LogP contribution is 2.28. The Balaban J connectivity index is 1.74. The van der Waals surface area contributed by atoms with Gasteiger partial charge in [0.15, 0.2) is 0 Å². The maximum absolute atomic E-state index is 12.6. The Kier molecular flexibility index (Phi) is 6.47. The fraction of sp³-hybridized carbons (Fsp3) is 0.350. The van der Waals surface area contributed by atoms with Crippen molar-refractivity contribution in [1.82, 2.24) is 10.2 Å². The van der Waals surface area contributed by atoms with Crippen LogP contribution in [0, 0.1) is 10.1 Å². The molecule has 0 saturated carbocycles. The number of carbonyl (C=O) groups is 1. The molecule has 1 saturated heterocycles. The number of thioether (sulfide) groups is 1. The van der Waals surface area contributed by atoms with Crippen LogP contribution in [-0.2, 0) is 0 Å². The largest absolute Gasteiger partial charge is 0.350 e. The second kappa shape index (κ2) is 9.01. The van der Waals surface area contributed by atoms with Crippen LogP contribution in [0.1, 0.15) is 34.8 Å². The summed E-state index contributed by atoms with van der Waals surface area (Å²) in [6, 6.07) is 14.9. The van der Waals surface area contributed by atoms with Gasteiger partial charge in [-0.3, -0.25) is 19.8 Å². The Morgan fingerprint density at radius 2 is 1.93 bits per heavy atom. The summed E-state index contributed by atoms with van der Waals surface area (Å²) in [6.07, 6.45) is 4.11. The molecule has 27 heavy (non-hydrogen) atoms. The molecule has 6 nitrogen and oxygen atoms in total. The molecule has 1 heterocycles. The lowest BCUT2D eigenvalue weighted by molar-refractivity contribution is -0.387. The molecule has 0 bridgehead atoms. The van der Waals surface area contributed by atoms with Crippen LogP contribution in [0.3, 0.4) is 0 Å². The molecular formula is C20H23N3O3S. The Morgan fingerprint density at radius 1 is 1.22 bits per heavy atom. The molecule has 1 atom stereocenters. The second-order valence-electron chi connectivity index (χ2n) is 6.52. The van der Waals surface area contributed by atoms with E-state index < -0.39 is 4.92 Å². The highest BCUT2D eigenvalue weighted by atomic mass is 32.2. The first-order chi connectivity index (χ1) is 13.1. The molecule has 0 aromatic heterocycles. The van der Waals surface area contributed by atoms with Gasteiger partial charge in [0.2, 0.25) is 0 Å². The van der Waals surface area contributed by atoms with Gasteiger partial charge in [0.25, 0.3) is 11.6 Å². The minimum Gasteiger partial charge on any atom is -0.350 e. The van der Waals surface area contributed by atoms with Crippen LogP contribution in [0.25, 0.3) is 0 Å². The second-order valence-corrected chi connectivity index (χ2v) is 7.37.